The molecule has 0 bridgehead atoms. The molecule has 0 heterocycles. The van der Waals surface area contributed by atoms with Crippen LogP contribution in [0.1, 0.15) is 58.8 Å². The van der Waals surface area contributed by atoms with Crippen molar-refractivity contribution in [3.63, 3.8) is 0 Å². The topological polar surface area (TPSA) is 20.2 Å². The fourth-order valence-electron chi connectivity index (χ4n) is 3.84. The quantitative estimate of drug-likeness (QED) is 0.777. The molecule has 0 aromatic rings. The third kappa shape index (κ3) is 3.21. The normalized spacial score (nSPS) is 43.9. The van der Waals surface area contributed by atoms with E-state index in [0.717, 1.165) is 38.5 Å². The zero-order valence-corrected chi connectivity index (χ0v) is 11.2. The van der Waals surface area contributed by atoms with E-state index in [1.54, 1.807) is 0 Å². The van der Waals surface area contributed by atoms with E-state index >= 15 is 0 Å². The Balaban J connectivity index is 1.86. The van der Waals surface area contributed by atoms with Crippen LogP contribution in [0.5, 0.6) is 0 Å². The second kappa shape index (κ2) is 5.69. The summed E-state index contributed by atoms with van der Waals surface area (Å²) in [5.74, 6) is 2.05. The Morgan fingerprint density at radius 2 is 1.65 bits per heavy atom. The van der Waals surface area contributed by atoms with Crippen LogP contribution in [-0.4, -0.2) is 17.4 Å². The van der Waals surface area contributed by atoms with Gasteiger partial charge in [0.25, 0.3) is 0 Å². The van der Waals surface area contributed by atoms with Crippen molar-refractivity contribution in [3.05, 3.63) is 0 Å². The minimum Gasteiger partial charge on any atom is -0.393 e. The maximum atomic E-state index is 14.3. The molecule has 0 aromatic heterocycles. The van der Waals surface area contributed by atoms with Crippen LogP contribution < -0.4 is 0 Å². The molecule has 2 aliphatic rings. The highest BCUT2D eigenvalue weighted by molar-refractivity contribution is 4.87. The van der Waals surface area contributed by atoms with E-state index in [4.69, 9.17) is 0 Å². The summed E-state index contributed by atoms with van der Waals surface area (Å²) in [4.78, 5) is 0. The van der Waals surface area contributed by atoms with Crippen molar-refractivity contribution in [2.45, 2.75) is 71.1 Å². The van der Waals surface area contributed by atoms with Gasteiger partial charge in [0.05, 0.1) is 6.10 Å². The summed E-state index contributed by atoms with van der Waals surface area (Å²) in [6.07, 6.45) is 6.22. The van der Waals surface area contributed by atoms with Crippen LogP contribution >= 0.6 is 0 Å². The van der Waals surface area contributed by atoms with Crippen molar-refractivity contribution >= 4 is 0 Å². The first-order chi connectivity index (χ1) is 8.08. The van der Waals surface area contributed by atoms with E-state index in [-0.39, 0.29) is 12.0 Å². The van der Waals surface area contributed by atoms with Gasteiger partial charge in [-0.2, -0.15) is 0 Å². The second-order valence-electron chi connectivity index (χ2n) is 6.57. The number of aliphatic hydroxyl groups excluding tert-OH is 1. The van der Waals surface area contributed by atoms with Gasteiger partial charge in [0.1, 0.15) is 6.17 Å². The predicted octanol–water partition coefficient (Wildman–Crippen LogP) is 3.95. The average Bonchev–Trinajstić information content (AvgIpc) is 2.30. The Morgan fingerprint density at radius 1 is 1.00 bits per heavy atom. The molecule has 0 spiro atoms. The summed E-state index contributed by atoms with van der Waals surface area (Å²) < 4.78 is 14.3. The Kier molecular flexibility index (Phi) is 4.46. The summed E-state index contributed by atoms with van der Waals surface area (Å²) in [6, 6.07) is 0. The minimum atomic E-state index is -0.587. The molecule has 3 unspecified atom stereocenters. The van der Waals surface area contributed by atoms with Gasteiger partial charge in [-0.05, 0) is 68.6 Å². The van der Waals surface area contributed by atoms with Crippen molar-refractivity contribution in [2.24, 2.45) is 23.7 Å². The highest BCUT2D eigenvalue weighted by Crippen LogP contribution is 2.43. The molecule has 2 rings (SSSR count). The van der Waals surface area contributed by atoms with Gasteiger partial charge < -0.3 is 5.11 Å². The molecule has 0 aliphatic heterocycles. The average molecular weight is 242 g/mol. The fourth-order valence-corrected chi connectivity index (χ4v) is 3.84. The molecule has 0 amide bonds. The van der Waals surface area contributed by atoms with E-state index in [0.29, 0.717) is 17.8 Å². The lowest BCUT2D eigenvalue weighted by Crippen LogP contribution is -2.35. The summed E-state index contributed by atoms with van der Waals surface area (Å²) in [5, 5.41) is 9.51. The lowest BCUT2D eigenvalue weighted by molar-refractivity contribution is 0.0283. The molecule has 17 heavy (non-hydrogen) atoms. The molecule has 0 saturated heterocycles. The number of hydrogen-bond donors (Lipinski definition) is 1. The van der Waals surface area contributed by atoms with Crippen LogP contribution in [-0.2, 0) is 0 Å². The Morgan fingerprint density at radius 3 is 2.18 bits per heavy atom. The molecule has 3 atom stereocenters. The smallest absolute Gasteiger partial charge is 0.103 e. The number of hydrogen-bond acceptors (Lipinski definition) is 1. The fraction of sp³-hybridized carbons (Fsp3) is 1.00. The van der Waals surface area contributed by atoms with Gasteiger partial charge in [-0.3, -0.25) is 0 Å². The Hall–Kier alpha value is -0.110. The van der Waals surface area contributed by atoms with E-state index in [9.17, 15) is 9.50 Å². The van der Waals surface area contributed by atoms with Crippen LogP contribution in [0.3, 0.4) is 0 Å². The molecule has 2 fully saturated rings. The van der Waals surface area contributed by atoms with Crippen molar-refractivity contribution in [1.29, 1.82) is 0 Å². The molecule has 1 N–H and O–H groups in total. The highest BCUT2D eigenvalue weighted by atomic mass is 19.1. The van der Waals surface area contributed by atoms with Gasteiger partial charge in [0, 0.05) is 0 Å². The predicted molar refractivity (Wildman–Crippen MR) is 68.5 cm³/mol. The molecule has 1 nitrogen and oxygen atoms in total. The van der Waals surface area contributed by atoms with Gasteiger partial charge >= 0.3 is 0 Å². The lowest BCUT2D eigenvalue weighted by Gasteiger charge is -2.40. The van der Waals surface area contributed by atoms with E-state index in [1.165, 1.54) is 6.42 Å². The van der Waals surface area contributed by atoms with Gasteiger partial charge in [-0.25, -0.2) is 4.39 Å². The molecule has 0 radical (unpaired) electrons. The lowest BCUT2D eigenvalue weighted by atomic mass is 9.68. The standard InChI is InChI=1S/C15H27FO/c1-10(2)12-5-8-14(15(16)9-12)11-3-6-13(17)7-4-11/h10-15,17H,3-9H2,1-2H3. The Bertz CT molecular complexity index is 233. The molecule has 100 valence electrons. The van der Waals surface area contributed by atoms with Gasteiger partial charge in [-0.1, -0.05) is 13.8 Å². The minimum absolute atomic E-state index is 0.115. The monoisotopic (exact) mass is 242 g/mol. The third-order valence-electron chi connectivity index (χ3n) is 5.15. The first-order valence-corrected chi connectivity index (χ1v) is 7.40. The number of halogens is 1. The molecule has 2 aliphatic carbocycles. The zero-order valence-electron chi connectivity index (χ0n) is 11.2. The first kappa shape index (κ1) is 13.3. The summed E-state index contributed by atoms with van der Waals surface area (Å²) in [6.45, 7) is 4.43. The number of alkyl halides is 1. The second-order valence-corrected chi connectivity index (χ2v) is 6.57. The molecule has 0 aromatic carbocycles. The van der Waals surface area contributed by atoms with Gasteiger partial charge in [0.15, 0.2) is 0 Å². The van der Waals surface area contributed by atoms with Gasteiger partial charge in [0.2, 0.25) is 0 Å². The maximum absolute atomic E-state index is 14.3. The Labute approximate surface area is 105 Å². The van der Waals surface area contributed by atoms with Crippen LogP contribution in [0.25, 0.3) is 0 Å². The molecular formula is C15H27FO. The maximum Gasteiger partial charge on any atom is 0.103 e. The molecule has 2 heteroatoms. The third-order valence-corrected chi connectivity index (χ3v) is 5.15. The number of rotatable bonds is 2. The van der Waals surface area contributed by atoms with E-state index in [1.807, 2.05) is 0 Å². The number of aliphatic hydroxyl groups is 1. The largest absolute Gasteiger partial charge is 0.393 e. The van der Waals surface area contributed by atoms with Crippen molar-refractivity contribution in [1.82, 2.24) is 0 Å². The van der Waals surface area contributed by atoms with Crippen LogP contribution in [0.15, 0.2) is 0 Å². The van der Waals surface area contributed by atoms with E-state index < -0.39 is 6.17 Å². The van der Waals surface area contributed by atoms with Crippen molar-refractivity contribution < 1.29 is 9.50 Å². The van der Waals surface area contributed by atoms with Crippen LogP contribution in [0, 0.1) is 23.7 Å². The van der Waals surface area contributed by atoms with Crippen LogP contribution in [0.2, 0.25) is 0 Å². The molecular weight excluding hydrogens is 215 g/mol. The highest BCUT2D eigenvalue weighted by Gasteiger charge is 2.37. The summed E-state index contributed by atoms with van der Waals surface area (Å²) >= 11 is 0. The van der Waals surface area contributed by atoms with Crippen molar-refractivity contribution in [2.75, 3.05) is 0 Å². The van der Waals surface area contributed by atoms with Crippen LogP contribution in [0.4, 0.5) is 4.39 Å². The first-order valence-electron chi connectivity index (χ1n) is 7.40. The SMILES string of the molecule is CC(C)C1CCC(C2CCC(O)CC2)C(F)C1. The molecule has 2 saturated carbocycles. The summed E-state index contributed by atoms with van der Waals surface area (Å²) in [7, 11) is 0. The van der Waals surface area contributed by atoms with E-state index in [2.05, 4.69) is 13.8 Å². The van der Waals surface area contributed by atoms with Crippen molar-refractivity contribution in [3.8, 4) is 0 Å². The summed E-state index contributed by atoms with van der Waals surface area (Å²) in [5.41, 5.74) is 0. The zero-order chi connectivity index (χ0) is 12.4. The van der Waals surface area contributed by atoms with Gasteiger partial charge in [-0.15, -0.1) is 0 Å².